The van der Waals surface area contributed by atoms with Crippen LogP contribution in [0, 0.1) is 0 Å². The summed E-state index contributed by atoms with van der Waals surface area (Å²) < 4.78 is 47.2. The average Bonchev–Trinajstić information content (AvgIpc) is 2.43. The van der Waals surface area contributed by atoms with Crippen molar-refractivity contribution in [2.45, 2.75) is 25.8 Å². The van der Waals surface area contributed by atoms with Crippen LogP contribution in [0.1, 0.15) is 19.4 Å². The molecule has 0 spiro atoms. The summed E-state index contributed by atoms with van der Waals surface area (Å²) in [5.74, 6) is -0.321. The molecule has 1 aliphatic rings. The molecule has 0 fully saturated rings. The molecule has 0 saturated heterocycles. The van der Waals surface area contributed by atoms with E-state index in [0.29, 0.717) is 21.3 Å². The van der Waals surface area contributed by atoms with E-state index < -0.39 is 18.1 Å². The van der Waals surface area contributed by atoms with Crippen LogP contribution in [0.25, 0.3) is 11.1 Å². The fourth-order valence-electron chi connectivity index (χ4n) is 2.68. The fraction of sp³-hybridized carbons (Fsp3) is 0.235. The van der Waals surface area contributed by atoms with Crippen LogP contribution in [0.2, 0.25) is 0 Å². The normalized spacial score (nSPS) is 15.8. The van der Waals surface area contributed by atoms with Crippen molar-refractivity contribution in [1.29, 1.82) is 0 Å². The second kappa shape index (κ2) is 5.94. The van der Waals surface area contributed by atoms with Crippen LogP contribution >= 0.6 is 15.9 Å². The van der Waals surface area contributed by atoms with E-state index >= 15 is 0 Å². The number of carbonyl (C=O) groups excluding carboxylic acids is 1. The third kappa shape index (κ3) is 3.89. The van der Waals surface area contributed by atoms with E-state index in [1.165, 1.54) is 12.1 Å². The van der Waals surface area contributed by atoms with Gasteiger partial charge in [0.1, 0.15) is 11.4 Å². The van der Waals surface area contributed by atoms with Gasteiger partial charge in [-0.15, -0.1) is 13.2 Å². The quantitative estimate of drug-likeness (QED) is 0.672. The van der Waals surface area contributed by atoms with Gasteiger partial charge in [-0.1, -0.05) is 22.0 Å². The van der Waals surface area contributed by atoms with E-state index in [-0.39, 0.29) is 5.75 Å². The van der Waals surface area contributed by atoms with E-state index in [1.807, 2.05) is 0 Å². The third-order valence-electron chi connectivity index (χ3n) is 3.69. The van der Waals surface area contributed by atoms with E-state index in [0.717, 1.165) is 5.56 Å². The van der Waals surface area contributed by atoms with Crippen LogP contribution in [-0.2, 0) is 10.3 Å². The van der Waals surface area contributed by atoms with Crippen molar-refractivity contribution in [3.63, 3.8) is 0 Å². The lowest BCUT2D eigenvalue weighted by atomic mass is 9.91. The van der Waals surface area contributed by atoms with Crippen LogP contribution in [0.5, 0.6) is 5.75 Å². The Hall–Kier alpha value is -2.22. The van der Waals surface area contributed by atoms with Gasteiger partial charge in [-0.3, -0.25) is 5.32 Å². The Morgan fingerprint density at radius 1 is 1.12 bits per heavy atom. The maximum atomic E-state index is 12.5. The van der Waals surface area contributed by atoms with Gasteiger partial charge in [0.15, 0.2) is 0 Å². The number of nitrogens with one attached hydrogen (secondary N) is 1. The molecule has 1 heterocycles. The van der Waals surface area contributed by atoms with Gasteiger partial charge in [-0.25, -0.2) is 4.79 Å². The molecular formula is C17H13BrF3NO3. The summed E-state index contributed by atoms with van der Waals surface area (Å²) in [6.45, 7) is 3.49. The number of benzene rings is 2. The molecule has 2 aromatic rings. The highest BCUT2D eigenvalue weighted by molar-refractivity contribution is 9.10. The standard InChI is InChI=1S/C17H13BrF3NO3/c1-16(2)13-7-9(3-4-14(13)22-15(23)25-16)10-5-11(18)8-12(6-10)24-17(19,20)21/h3-8H,1-2H3,(H,22,23). The van der Waals surface area contributed by atoms with Crippen molar-refractivity contribution in [3.05, 3.63) is 46.4 Å². The van der Waals surface area contributed by atoms with Crippen LogP contribution in [0.4, 0.5) is 23.7 Å². The molecule has 0 radical (unpaired) electrons. The van der Waals surface area contributed by atoms with Gasteiger partial charge in [0.25, 0.3) is 0 Å². The molecule has 0 aromatic heterocycles. The highest BCUT2D eigenvalue weighted by Gasteiger charge is 2.34. The molecule has 2 aromatic carbocycles. The minimum absolute atomic E-state index is 0.321. The number of cyclic esters (lactones) is 1. The summed E-state index contributed by atoms with van der Waals surface area (Å²) in [7, 11) is 0. The number of carbonyl (C=O) groups is 1. The zero-order valence-electron chi connectivity index (χ0n) is 13.2. The smallest absolute Gasteiger partial charge is 0.438 e. The van der Waals surface area contributed by atoms with E-state index in [4.69, 9.17) is 4.74 Å². The monoisotopic (exact) mass is 415 g/mol. The summed E-state index contributed by atoms with van der Waals surface area (Å²) in [5, 5.41) is 2.60. The summed E-state index contributed by atoms with van der Waals surface area (Å²) in [5.41, 5.74) is 1.67. The molecule has 0 saturated carbocycles. The summed E-state index contributed by atoms with van der Waals surface area (Å²) in [4.78, 5) is 11.6. The molecule has 132 valence electrons. The lowest BCUT2D eigenvalue weighted by Gasteiger charge is -2.32. The molecule has 0 atom stereocenters. The van der Waals surface area contributed by atoms with E-state index in [2.05, 4.69) is 26.0 Å². The first kappa shape index (κ1) is 17.6. The molecule has 8 heteroatoms. The van der Waals surface area contributed by atoms with Crippen molar-refractivity contribution in [3.8, 4) is 16.9 Å². The van der Waals surface area contributed by atoms with Gasteiger partial charge in [-0.05, 0) is 55.3 Å². The van der Waals surface area contributed by atoms with Crippen molar-refractivity contribution in [2.75, 3.05) is 5.32 Å². The minimum Gasteiger partial charge on any atom is -0.438 e. The van der Waals surface area contributed by atoms with Crippen molar-refractivity contribution in [1.82, 2.24) is 0 Å². The summed E-state index contributed by atoms with van der Waals surface area (Å²) in [6, 6.07) is 9.39. The van der Waals surface area contributed by atoms with Crippen molar-refractivity contribution in [2.24, 2.45) is 0 Å². The largest absolute Gasteiger partial charge is 0.573 e. The van der Waals surface area contributed by atoms with Gasteiger partial charge in [-0.2, -0.15) is 0 Å². The Labute approximate surface area is 150 Å². The first-order chi connectivity index (χ1) is 11.5. The average molecular weight is 416 g/mol. The van der Waals surface area contributed by atoms with Crippen LogP contribution in [0.15, 0.2) is 40.9 Å². The molecule has 0 unspecified atom stereocenters. The fourth-order valence-corrected chi connectivity index (χ4v) is 3.15. The van der Waals surface area contributed by atoms with Gasteiger partial charge >= 0.3 is 12.5 Å². The lowest BCUT2D eigenvalue weighted by Crippen LogP contribution is -2.34. The van der Waals surface area contributed by atoms with Gasteiger partial charge in [0.2, 0.25) is 0 Å². The predicted molar refractivity (Wildman–Crippen MR) is 89.4 cm³/mol. The Morgan fingerprint density at radius 3 is 2.52 bits per heavy atom. The number of amides is 1. The SMILES string of the molecule is CC1(C)OC(=O)Nc2ccc(-c3cc(Br)cc(OC(F)(F)F)c3)cc21. The number of anilines is 1. The zero-order chi connectivity index (χ0) is 18.4. The van der Waals surface area contributed by atoms with Crippen LogP contribution in [-0.4, -0.2) is 12.5 Å². The Morgan fingerprint density at radius 2 is 1.84 bits per heavy atom. The molecule has 0 aliphatic carbocycles. The minimum atomic E-state index is -4.77. The van der Waals surface area contributed by atoms with Crippen molar-refractivity contribution >= 4 is 27.7 Å². The topological polar surface area (TPSA) is 47.6 Å². The van der Waals surface area contributed by atoms with Gasteiger partial charge < -0.3 is 9.47 Å². The molecular weight excluding hydrogens is 403 g/mol. The molecule has 1 aliphatic heterocycles. The number of fused-ring (bicyclic) bond motifs is 1. The highest BCUT2D eigenvalue weighted by atomic mass is 79.9. The summed E-state index contributed by atoms with van der Waals surface area (Å²) >= 11 is 3.19. The first-order valence-electron chi connectivity index (χ1n) is 7.25. The predicted octanol–water partition coefficient (Wildman–Crippen LogP) is 5.81. The van der Waals surface area contributed by atoms with Crippen LogP contribution < -0.4 is 10.1 Å². The molecule has 0 bridgehead atoms. The number of ether oxygens (including phenoxy) is 2. The maximum absolute atomic E-state index is 12.5. The van der Waals surface area contributed by atoms with E-state index in [9.17, 15) is 18.0 Å². The van der Waals surface area contributed by atoms with Crippen molar-refractivity contribution < 1.29 is 27.4 Å². The molecule has 1 N–H and O–H groups in total. The zero-order valence-corrected chi connectivity index (χ0v) is 14.8. The highest BCUT2D eigenvalue weighted by Crippen LogP contribution is 2.39. The first-order valence-corrected chi connectivity index (χ1v) is 8.04. The maximum Gasteiger partial charge on any atom is 0.573 e. The number of halogens is 4. The Bertz CT molecular complexity index is 850. The molecule has 4 nitrogen and oxygen atoms in total. The van der Waals surface area contributed by atoms with Gasteiger partial charge in [0.05, 0.1) is 5.69 Å². The number of hydrogen-bond donors (Lipinski definition) is 1. The van der Waals surface area contributed by atoms with Gasteiger partial charge in [0, 0.05) is 10.0 Å². The molecule has 1 amide bonds. The van der Waals surface area contributed by atoms with Crippen LogP contribution in [0.3, 0.4) is 0 Å². The third-order valence-corrected chi connectivity index (χ3v) is 4.15. The Balaban J connectivity index is 2.05. The summed E-state index contributed by atoms with van der Waals surface area (Å²) in [6.07, 6.45) is -5.32. The lowest BCUT2D eigenvalue weighted by molar-refractivity contribution is -0.274. The van der Waals surface area contributed by atoms with E-state index in [1.54, 1.807) is 38.1 Å². The number of hydrogen-bond acceptors (Lipinski definition) is 3. The molecule has 25 heavy (non-hydrogen) atoms. The second-order valence-corrected chi connectivity index (χ2v) is 6.92. The second-order valence-electron chi connectivity index (χ2n) is 6.01. The molecule has 3 rings (SSSR count). The number of rotatable bonds is 2. The number of alkyl halides is 3. The Kier molecular flexibility index (Phi) is 4.18.